The molecule has 15 heavy (non-hydrogen) atoms. The van der Waals surface area contributed by atoms with Crippen molar-refractivity contribution in [1.82, 2.24) is 0 Å². The summed E-state index contributed by atoms with van der Waals surface area (Å²) in [5.41, 5.74) is 2.47. The van der Waals surface area contributed by atoms with Crippen LogP contribution in [0.1, 0.15) is 30.9 Å². The summed E-state index contributed by atoms with van der Waals surface area (Å²) in [5, 5.41) is 0. The molecule has 0 N–H and O–H groups in total. The van der Waals surface area contributed by atoms with E-state index in [4.69, 9.17) is 0 Å². The number of benzene rings is 1. The highest BCUT2D eigenvalue weighted by Crippen LogP contribution is 2.06. The first-order chi connectivity index (χ1) is 7.22. The normalized spacial score (nSPS) is 9.20. The van der Waals surface area contributed by atoms with Crippen LogP contribution in [0.25, 0.3) is 0 Å². The molecular weight excluding hydrogens is 184 g/mol. The zero-order chi connectivity index (χ0) is 11.1. The summed E-state index contributed by atoms with van der Waals surface area (Å²) in [5.74, 6) is 5.75. The minimum Gasteiger partial charge on any atom is -0.299 e. The van der Waals surface area contributed by atoms with Gasteiger partial charge in [0.25, 0.3) is 0 Å². The van der Waals surface area contributed by atoms with Gasteiger partial charge in [0.2, 0.25) is 0 Å². The molecule has 0 bridgehead atoms. The van der Waals surface area contributed by atoms with Crippen molar-refractivity contribution >= 4 is 5.78 Å². The number of Topliss-reactive ketones (excluding diaryl/α,β-unsaturated/α-hetero) is 1. The summed E-state index contributed by atoms with van der Waals surface area (Å²) in [4.78, 5) is 11.3. The van der Waals surface area contributed by atoms with Gasteiger partial charge in [-0.1, -0.05) is 35.7 Å². The monoisotopic (exact) mass is 200 g/mol. The van der Waals surface area contributed by atoms with E-state index in [1.807, 2.05) is 0 Å². The molecule has 0 aliphatic carbocycles. The van der Waals surface area contributed by atoms with E-state index in [0.717, 1.165) is 6.42 Å². The molecule has 0 saturated heterocycles. The van der Waals surface area contributed by atoms with Crippen LogP contribution in [0.15, 0.2) is 24.3 Å². The zero-order valence-corrected chi connectivity index (χ0v) is 9.34. The van der Waals surface area contributed by atoms with Crippen LogP contribution in [0.4, 0.5) is 0 Å². The Morgan fingerprint density at radius 1 is 1.27 bits per heavy atom. The van der Waals surface area contributed by atoms with Crippen molar-refractivity contribution in [2.75, 3.05) is 0 Å². The molecule has 1 aromatic rings. The third-order valence-electron chi connectivity index (χ3n) is 2.28. The molecule has 78 valence electrons. The van der Waals surface area contributed by atoms with Crippen LogP contribution in [-0.2, 0) is 11.2 Å². The van der Waals surface area contributed by atoms with Crippen LogP contribution in [-0.4, -0.2) is 5.78 Å². The van der Waals surface area contributed by atoms with E-state index < -0.39 is 0 Å². The van der Waals surface area contributed by atoms with Gasteiger partial charge in [-0.25, -0.2) is 0 Å². The average molecular weight is 200 g/mol. The molecule has 0 spiro atoms. The molecule has 0 saturated carbocycles. The van der Waals surface area contributed by atoms with Crippen LogP contribution < -0.4 is 0 Å². The lowest BCUT2D eigenvalue weighted by atomic mass is 10.1. The van der Waals surface area contributed by atoms with Crippen molar-refractivity contribution in [1.29, 1.82) is 0 Å². The molecule has 0 fully saturated rings. The van der Waals surface area contributed by atoms with E-state index in [2.05, 4.69) is 43.0 Å². The average Bonchev–Trinajstić information content (AvgIpc) is 2.25. The van der Waals surface area contributed by atoms with E-state index in [0.29, 0.717) is 12.8 Å². The largest absolute Gasteiger partial charge is 0.299 e. The molecule has 1 nitrogen and oxygen atoms in total. The Labute approximate surface area is 91.5 Å². The minimum atomic E-state index is 0.227. The molecule has 0 amide bonds. The van der Waals surface area contributed by atoms with Gasteiger partial charge < -0.3 is 0 Å². The molecule has 0 aliphatic rings. The van der Waals surface area contributed by atoms with Crippen molar-refractivity contribution in [3.63, 3.8) is 0 Å². The standard InChI is InChI=1S/C14H16O/c1-3-4-5-14(15)11-10-13-8-6-12(2)7-9-13/h6-9H,5,10-11H2,1-2H3. The topological polar surface area (TPSA) is 17.1 Å². The number of hydrogen-bond donors (Lipinski definition) is 0. The minimum absolute atomic E-state index is 0.227. The highest BCUT2D eigenvalue weighted by Gasteiger charge is 2.00. The van der Waals surface area contributed by atoms with E-state index in [1.54, 1.807) is 6.92 Å². The predicted octanol–water partition coefficient (Wildman–Crippen LogP) is 2.91. The molecule has 1 heteroatoms. The van der Waals surface area contributed by atoms with Crippen molar-refractivity contribution in [3.05, 3.63) is 35.4 Å². The van der Waals surface area contributed by atoms with Crippen LogP contribution in [0, 0.1) is 18.8 Å². The maximum absolute atomic E-state index is 11.3. The van der Waals surface area contributed by atoms with Crippen LogP contribution in [0.5, 0.6) is 0 Å². The lowest BCUT2D eigenvalue weighted by molar-refractivity contribution is -0.118. The first kappa shape index (κ1) is 11.5. The number of rotatable bonds is 4. The summed E-state index contributed by atoms with van der Waals surface area (Å²) in [6.07, 6.45) is 1.81. The molecule has 0 heterocycles. The zero-order valence-electron chi connectivity index (χ0n) is 9.34. The Balaban J connectivity index is 2.39. The summed E-state index contributed by atoms with van der Waals surface area (Å²) >= 11 is 0. The molecule has 0 aliphatic heterocycles. The van der Waals surface area contributed by atoms with Gasteiger partial charge in [-0.15, -0.1) is 5.92 Å². The van der Waals surface area contributed by atoms with Crippen molar-refractivity contribution in [2.24, 2.45) is 0 Å². The second-order valence-electron chi connectivity index (χ2n) is 3.63. The number of ketones is 1. The fraction of sp³-hybridized carbons (Fsp3) is 0.357. The van der Waals surface area contributed by atoms with Gasteiger partial charge in [-0.3, -0.25) is 4.79 Å². The van der Waals surface area contributed by atoms with E-state index in [9.17, 15) is 4.79 Å². The number of carbonyl (C=O) groups excluding carboxylic acids is 1. The lowest BCUT2D eigenvalue weighted by Gasteiger charge is -2.00. The fourth-order valence-electron chi connectivity index (χ4n) is 1.31. The molecule has 1 aromatic carbocycles. The lowest BCUT2D eigenvalue weighted by Crippen LogP contribution is -1.98. The van der Waals surface area contributed by atoms with Gasteiger partial charge in [-0.2, -0.15) is 0 Å². The van der Waals surface area contributed by atoms with Crippen LogP contribution in [0.3, 0.4) is 0 Å². The van der Waals surface area contributed by atoms with Gasteiger partial charge in [-0.05, 0) is 25.8 Å². The highest BCUT2D eigenvalue weighted by atomic mass is 16.1. The summed E-state index contributed by atoms with van der Waals surface area (Å²) in [7, 11) is 0. The molecule has 0 radical (unpaired) electrons. The third kappa shape index (κ3) is 4.46. The molecule has 0 atom stereocenters. The van der Waals surface area contributed by atoms with Gasteiger partial charge in [0.15, 0.2) is 0 Å². The second-order valence-corrected chi connectivity index (χ2v) is 3.63. The summed E-state index contributed by atoms with van der Waals surface area (Å²) < 4.78 is 0. The Morgan fingerprint density at radius 3 is 2.53 bits per heavy atom. The number of hydrogen-bond acceptors (Lipinski definition) is 1. The second kappa shape index (κ2) is 6.03. The van der Waals surface area contributed by atoms with Crippen molar-refractivity contribution in [3.8, 4) is 11.8 Å². The summed E-state index contributed by atoms with van der Waals surface area (Å²) in [6, 6.07) is 8.31. The van der Waals surface area contributed by atoms with Gasteiger partial charge in [0.05, 0.1) is 6.42 Å². The van der Waals surface area contributed by atoms with E-state index in [-0.39, 0.29) is 5.78 Å². The van der Waals surface area contributed by atoms with Gasteiger partial charge in [0.1, 0.15) is 5.78 Å². The third-order valence-corrected chi connectivity index (χ3v) is 2.28. The Bertz CT molecular complexity index is 376. The Kier molecular flexibility index (Phi) is 4.63. The SMILES string of the molecule is CC#CCC(=O)CCc1ccc(C)cc1. The van der Waals surface area contributed by atoms with Crippen molar-refractivity contribution in [2.45, 2.75) is 33.1 Å². The first-order valence-electron chi connectivity index (χ1n) is 5.19. The van der Waals surface area contributed by atoms with Crippen molar-refractivity contribution < 1.29 is 4.79 Å². The smallest absolute Gasteiger partial charge is 0.145 e. The maximum atomic E-state index is 11.3. The molecule has 0 aromatic heterocycles. The highest BCUT2D eigenvalue weighted by molar-refractivity contribution is 5.80. The molecule has 0 unspecified atom stereocenters. The Hall–Kier alpha value is -1.55. The van der Waals surface area contributed by atoms with E-state index in [1.165, 1.54) is 11.1 Å². The quantitative estimate of drug-likeness (QED) is 0.683. The molecular formula is C14H16O. The fourth-order valence-corrected chi connectivity index (χ4v) is 1.31. The maximum Gasteiger partial charge on any atom is 0.145 e. The van der Waals surface area contributed by atoms with Crippen LogP contribution in [0.2, 0.25) is 0 Å². The number of carbonyl (C=O) groups is 1. The summed E-state index contributed by atoms with van der Waals surface area (Å²) in [6.45, 7) is 3.82. The predicted molar refractivity (Wildman–Crippen MR) is 62.6 cm³/mol. The van der Waals surface area contributed by atoms with Crippen LogP contribution >= 0.6 is 0 Å². The first-order valence-corrected chi connectivity index (χ1v) is 5.19. The van der Waals surface area contributed by atoms with Gasteiger partial charge in [0, 0.05) is 6.42 Å². The Morgan fingerprint density at radius 2 is 1.93 bits per heavy atom. The van der Waals surface area contributed by atoms with E-state index >= 15 is 0 Å². The molecule has 1 rings (SSSR count). The van der Waals surface area contributed by atoms with Gasteiger partial charge >= 0.3 is 0 Å². The number of aryl methyl sites for hydroxylation is 2.